The van der Waals surface area contributed by atoms with E-state index in [9.17, 15) is 13.2 Å². The van der Waals surface area contributed by atoms with E-state index in [-0.39, 0.29) is 0 Å². The third-order valence-corrected chi connectivity index (χ3v) is 4.27. The summed E-state index contributed by atoms with van der Waals surface area (Å²) in [6.45, 7) is 2.14. The van der Waals surface area contributed by atoms with E-state index in [1.165, 1.54) is 12.1 Å². The lowest BCUT2D eigenvalue weighted by Gasteiger charge is -2.18. The van der Waals surface area contributed by atoms with Crippen molar-refractivity contribution in [1.29, 1.82) is 0 Å². The van der Waals surface area contributed by atoms with Gasteiger partial charge in [-0.3, -0.25) is 0 Å². The molecule has 2 rings (SSSR count). The summed E-state index contributed by atoms with van der Waals surface area (Å²) in [6.07, 6.45) is -3.19. The number of nitrogens with one attached hydrogen (secondary N) is 1. The van der Waals surface area contributed by atoms with Gasteiger partial charge in [0.15, 0.2) is 0 Å². The molecule has 5 heteroatoms. The Labute approximate surface area is 103 Å². The Hall–Kier alpha value is -0.840. The van der Waals surface area contributed by atoms with Crippen molar-refractivity contribution in [1.82, 2.24) is 0 Å². The Morgan fingerprint density at radius 2 is 1.88 bits per heavy atom. The molecule has 1 aliphatic rings. The van der Waals surface area contributed by atoms with Crippen LogP contribution in [0.2, 0.25) is 0 Å². The van der Waals surface area contributed by atoms with Crippen LogP contribution in [0.4, 0.5) is 18.9 Å². The van der Waals surface area contributed by atoms with Gasteiger partial charge >= 0.3 is 6.18 Å². The first kappa shape index (κ1) is 12.6. The molecule has 0 aromatic heterocycles. The zero-order chi connectivity index (χ0) is 12.5. The van der Waals surface area contributed by atoms with Crippen LogP contribution in [0, 0.1) is 0 Å². The monoisotopic (exact) mass is 261 g/mol. The van der Waals surface area contributed by atoms with Crippen molar-refractivity contribution >= 4 is 17.4 Å². The molecule has 1 aromatic carbocycles. The van der Waals surface area contributed by atoms with Gasteiger partial charge in [0, 0.05) is 17.0 Å². The second-order valence-corrected chi connectivity index (χ2v) is 5.68. The Morgan fingerprint density at radius 1 is 1.24 bits per heavy atom. The van der Waals surface area contributed by atoms with Crippen LogP contribution in [-0.2, 0) is 6.18 Å². The number of benzene rings is 1. The molecule has 1 aliphatic heterocycles. The molecule has 94 valence electrons. The van der Waals surface area contributed by atoms with Crippen LogP contribution in [0.5, 0.6) is 0 Å². The van der Waals surface area contributed by atoms with Gasteiger partial charge in [-0.05, 0) is 36.4 Å². The average Bonchev–Trinajstić information content (AvgIpc) is 2.64. The van der Waals surface area contributed by atoms with E-state index in [2.05, 4.69) is 12.2 Å². The molecule has 0 spiro atoms. The van der Waals surface area contributed by atoms with Crippen LogP contribution in [0.15, 0.2) is 24.3 Å². The van der Waals surface area contributed by atoms with Crippen LogP contribution in [-0.4, -0.2) is 17.0 Å². The predicted molar refractivity (Wildman–Crippen MR) is 65.4 cm³/mol. The standard InChI is InChI=1S/C12H14F3NS/c1-8-11(6-7-17-8)16-10-4-2-9(3-5-10)12(13,14)15/h2-5,8,11,16H,6-7H2,1H3. The van der Waals surface area contributed by atoms with Crippen LogP contribution < -0.4 is 5.32 Å². The molecular formula is C12H14F3NS. The first-order valence-corrected chi connectivity index (χ1v) is 6.57. The molecule has 1 aromatic rings. The summed E-state index contributed by atoms with van der Waals surface area (Å²) in [4.78, 5) is 0. The van der Waals surface area contributed by atoms with Crippen molar-refractivity contribution in [2.45, 2.75) is 30.8 Å². The van der Waals surface area contributed by atoms with Crippen molar-refractivity contribution in [3.8, 4) is 0 Å². The number of hydrogen-bond acceptors (Lipinski definition) is 2. The quantitative estimate of drug-likeness (QED) is 0.863. The molecular weight excluding hydrogens is 247 g/mol. The molecule has 17 heavy (non-hydrogen) atoms. The number of rotatable bonds is 2. The molecule has 0 saturated carbocycles. The zero-order valence-corrected chi connectivity index (χ0v) is 10.2. The fourth-order valence-corrected chi connectivity index (χ4v) is 3.09. The third kappa shape index (κ3) is 3.09. The highest BCUT2D eigenvalue weighted by molar-refractivity contribution is 8.00. The summed E-state index contributed by atoms with van der Waals surface area (Å²) < 4.78 is 37.1. The lowest BCUT2D eigenvalue weighted by atomic mass is 10.1. The molecule has 1 N–H and O–H groups in total. The summed E-state index contributed by atoms with van der Waals surface area (Å²) in [7, 11) is 0. The highest BCUT2D eigenvalue weighted by atomic mass is 32.2. The van der Waals surface area contributed by atoms with E-state index in [0.717, 1.165) is 30.0 Å². The van der Waals surface area contributed by atoms with E-state index < -0.39 is 11.7 Å². The first-order chi connectivity index (χ1) is 7.97. The van der Waals surface area contributed by atoms with E-state index in [4.69, 9.17) is 0 Å². The summed E-state index contributed by atoms with van der Waals surface area (Å²) in [5.74, 6) is 1.11. The fourth-order valence-electron chi connectivity index (χ4n) is 1.89. The maximum Gasteiger partial charge on any atom is 0.416 e. The van der Waals surface area contributed by atoms with Crippen molar-refractivity contribution in [3.63, 3.8) is 0 Å². The minimum absolute atomic E-state index is 0.358. The highest BCUT2D eigenvalue weighted by Gasteiger charge is 2.30. The molecule has 2 unspecified atom stereocenters. The second-order valence-electron chi connectivity index (χ2n) is 4.19. The molecule has 0 radical (unpaired) electrons. The van der Waals surface area contributed by atoms with Gasteiger partial charge < -0.3 is 5.32 Å². The van der Waals surface area contributed by atoms with Crippen molar-refractivity contribution in [2.24, 2.45) is 0 Å². The smallest absolute Gasteiger partial charge is 0.381 e. The topological polar surface area (TPSA) is 12.0 Å². The van der Waals surface area contributed by atoms with Gasteiger partial charge in [-0.15, -0.1) is 0 Å². The van der Waals surface area contributed by atoms with Gasteiger partial charge in [-0.1, -0.05) is 6.92 Å². The highest BCUT2D eigenvalue weighted by Crippen LogP contribution is 2.31. The summed E-state index contributed by atoms with van der Waals surface area (Å²) in [6, 6.07) is 5.60. The number of halogens is 3. The Bertz CT molecular complexity index is 374. The van der Waals surface area contributed by atoms with E-state index >= 15 is 0 Å². The molecule has 1 fully saturated rings. The van der Waals surface area contributed by atoms with Crippen LogP contribution in [0.25, 0.3) is 0 Å². The van der Waals surface area contributed by atoms with Gasteiger partial charge in [-0.25, -0.2) is 0 Å². The normalized spacial score (nSPS) is 24.9. The molecule has 0 bridgehead atoms. The number of hydrogen-bond donors (Lipinski definition) is 1. The molecule has 0 aliphatic carbocycles. The second kappa shape index (κ2) is 4.80. The maximum atomic E-state index is 12.4. The van der Waals surface area contributed by atoms with Crippen LogP contribution in [0.1, 0.15) is 18.9 Å². The van der Waals surface area contributed by atoms with Gasteiger partial charge in [0.05, 0.1) is 5.56 Å². The van der Waals surface area contributed by atoms with Gasteiger partial charge in [0.1, 0.15) is 0 Å². The average molecular weight is 261 g/mol. The predicted octanol–water partition coefficient (Wildman–Crippen LogP) is 4.01. The maximum absolute atomic E-state index is 12.4. The van der Waals surface area contributed by atoms with E-state index in [1.54, 1.807) is 0 Å². The Balaban J connectivity index is 2.03. The zero-order valence-electron chi connectivity index (χ0n) is 9.42. The Morgan fingerprint density at radius 3 is 2.35 bits per heavy atom. The molecule has 2 atom stereocenters. The van der Waals surface area contributed by atoms with E-state index in [1.807, 2.05) is 11.8 Å². The fraction of sp³-hybridized carbons (Fsp3) is 0.500. The summed E-state index contributed by atoms with van der Waals surface area (Å²) >= 11 is 1.89. The van der Waals surface area contributed by atoms with Crippen molar-refractivity contribution in [3.05, 3.63) is 29.8 Å². The molecule has 0 amide bonds. The van der Waals surface area contributed by atoms with Crippen molar-refractivity contribution < 1.29 is 13.2 Å². The van der Waals surface area contributed by atoms with Crippen LogP contribution >= 0.6 is 11.8 Å². The van der Waals surface area contributed by atoms with Gasteiger partial charge in [0.25, 0.3) is 0 Å². The van der Waals surface area contributed by atoms with Crippen molar-refractivity contribution in [2.75, 3.05) is 11.1 Å². The lowest BCUT2D eigenvalue weighted by molar-refractivity contribution is -0.137. The minimum atomic E-state index is -4.25. The van der Waals surface area contributed by atoms with Gasteiger partial charge in [-0.2, -0.15) is 24.9 Å². The molecule has 1 nitrogen and oxygen atoms in total. The molecule has 1 saturated heterocycles. The first-order valence-electron chi connectivity index (χ1n) is 5.52. The largest absolute Gasteiger partial charge is 0.416 e. The number of alkyl halides is 3. The Kier molecular flexibility index (Phi) is 3.56. The van der Waals surface area contributed by atoms with Gasteiger partial charge in [0.2, 0.25) is 0 Å². The lowest BCUT2D eigenvalue weighted by Crippen LogP contribution is -2.24. The summed E-state index contributed by atoms with van der Waals surface area (Å²) in [5, 5.41) is 3.79. The minimum Gasteiger partial charge on any atom is -0.381 e. The number of anilines is 1. The van der Waals surface area contributed by atoms with Crippen LogP contribution in [0.3, 0.4) is 0 Å². The molecule has 1 heterocycles. The summed E-state index contributed by atoms with van der Waals surface area (Å²) in [5.41, 5.74) is 0.161. The third-order valence-electron chi connectivity index (χ3n) is 2.94. The van der Waals surface area contributed by atoms with E-state index in [0.29, 0.717) is 11.3 Å². The number of thioether (sulfide) groups is 1. The SMILES string of the molecule is CC1SCCC1Nc1ccc(C(F)(F)F)cc1.